The van der Waals surface area contributed by atoms with Crippen molar-refractivity contribution in [1.82, 2.24) is 15.5 Å². The molecule has 0 bridgehead atoms. The zero-order valence-corrected chi connectivity index (χ0v) is 9.80. The van der Waals surface area contributed by atoms with Gasteiger partial charge in [-0.15, -0.1) is 0 Å². The normalized spacial score (nSPS) is 9.80. The van der Waals surface area contributed by atoms with Crippen LogP contribution < -0.4 is 10.6 Å². The van der Waals surface area contributed by atoms with E-state index in [1.807, 2.05) is 6.92 Å². The minimum absolute atomic E-state index is 0.0230. The minimum atomic E-state index is -0.124. The molecule has 0 rings (SSSR count). The first-order chi connectivity index (χ1) is 7.15. The molecule has 0 saturated heterocycles. The van der Waals surface area contributed by atoms with Gasteiger partial charge >= 0.3 is 0 Å². The van der Waals surface area contributed by atoms with Crippen LogP contribution in [-0.2, 0) is 9.59 Å². The van der Waals surface area contributed by atoms with Crippen LogP contribution in [0.2, 0.25) is 0 Å². The number of carbonyl (C=O) groups is 2. The van der Waals surface area contributed by atoms with Crippen LogP contribution in [-0.4, -0.2) is 50.4 Å². The van der Waals surface area contributed by atoms with Crippen LogP contribution in [0.3, 0.4) is 0 Å². The van der Waals surface area contributed by atoms with Gasteiger partial charge in [0.25, 0.3) is 0 Å². The highest BCUT2D eigenvalue weighted by molar-refractivity contribution is 5.84. The van der Waals surface area contributed by atoms with E-state index >= 15 is 0 Å². The molecule has 88 valence electrons. The van der Waals surface area contributed by atoms with Crippen LogP contribution in [0, 0.1) is 0 Å². The van der Waals surface area contributed by atoms with E-state index in [9.17, 15) is 9.59 Å². The molecule has 0 radical (unpaired) electrons. The van der Waals surface area contributed by atoms with Crippen molar-refractivity contribution >= 4 is 11.8 Å². The van der Waals surface area contributed by atoms with Crippen molar-refractivity contribution in [3.8, 4) is 0 Å². The third kappa shape index (κ3) is 6.06. The summed E-state index contributed by atoms with van der Waals surface area (Å²) in [5.74, 6) is -0.101. The lowest BCUT2D eigenvalue weighted by Crippen LogP contribution is -2.40. The highest BCUT2D eigenvalue weighted by Crippen LogP contribution is 1.96. The molecule has 2 amide bonds. The fraction of sp³-hybridized carbons (Fsp3) is 0.800. The van der Waals surface area contributed by atoms with Crippen LogP contribution in [0.1, 0.15) is 19.8 Å². The van der Waals surface area contributed by atoms with Crippen molar-refractivity contribution < 1.29 is 9.59 Å². The lowest BCUT2D eigenvalue weighted by molar-refractivity contribution is -0.135. The molecule has 0 aliphatic heterocycles. The number of carbonyl (C=O) groups excluding carboxylic acids is 2. The second kappa shape index (κ2) is 8.23. The fourth-order valence-corrected chi connectivity index (χ4v) is 1.20. The molecule has 0 aliphatic rings. The van der Waals surface area contributed by atoms with Gasteiger partial charge in [0.1, 0.15) is 0 Å². The number of hydrogen-bond donors (Lipinski definition) is 2. The first kappa shape index (κ1) is 13.9. The number of amides is 2. The van der Waals surface area contributed by atoms with E-state index in [2.05, 4.69) is 10.6 Å². The summed E-state index contributed by atoms with van der Waals surface area (Å²) in [6.45, 7) is 3.43. The van der Waals surface area contributed by atoms with Crippen molar-refractivity contribution in [2.75, 3.05) is 33.7 Å². The topological polar surface area (TPSA) is 61.4 Å². The Bertz CT molecular complexity index is 207. The Balaban J connectivity index is 4.11. The third-order valence-corrected chi connectivity index (χ3v) is 2.05. The van der Waals surface area contributed by atoms with Gasteiger partial charge in [0.05, 0.1) is 6.54 Å². The van der Waals surface area contributed by atoms with Gasteiger partial charge in [0.2, 0.25) is 11.8 Å². The fourth-order valence-electron chi connectivity index (χ4n) is 1.20. The van der Waals surface area contributed by atoms with E-state index in [1.165, 1.54) is 0 Å². The number of likely N-dealkylation sites (N-methyl/N-ethyl adjacent to an activating group) is 1. The van der Waals surface area contributed by atoms with E-state index in [4.69, 9.17) is 0 Å². The molecule has 0 aliphatic carbocycles. The van der Waals surface area contributed by atoms with E-state index < -0.39 is 0 Å². The molecule has 0 aromatic carbocycles. The van der Waals surface area contributed by atoms with E-state index in [0.717, 1.165) is 6.42 Å². The maximum absolute atomic E-state index is 11.6. The van der Waals surface area contributed by atoms with Crippen molar-refractivity contribution in [1.29, 1.82) is 0 Å². The maximum Gasteiger partial charge on any atom is 0.239 e. The van der Waals surface area contributed by atoms with E-state index in [-0.39, 0.29) is 18.4 Å². The Morgan fingerprint density at radius 1 is 1.27 bits per heavy atom. The predicted octanol–water partition coefficient (Wildman–Crippen LogP) is -0.419. The van der Waals surface area contributed by atoms with Crippen LogP contribution >= 0.6 is 0 Å². The average Bonchev–Trinajstić information content (AvgIpc) is 2.24. The maximum atomic E-state index is 11.6. The van der Waals surface area contributed by atoms with E-state index in [1.54, 1.807) is 19.0 Å². The molecular weight excluding hydrogens is 194 g/mol. The van der Waals surface area contributed by atoms with Crippen molar-refractivity contribution in [3.05, 3.63) is 0 Å². The molecule has 15 heavy (non-hydrogen) atoms. The van der Waals surface area contributed by atoms with Gasteiger partial charge < -0.3 is 15.5 Å². The Morgan fingerprint density at radius 3 is 2.40 bits per heavy atom. The van der Waals surface area contributed by atoms with Gasteiger partial charge in [-0.3, -0.25) is 9.59 Å². The molecule has 0 saturated carbocycles. The Hall–Kier alpha value is -1.10. The van der Waals surface area contributed by atoms with Gasteiger partial charge in [0, 0.05) is 26.6 Å². The molecule has 0 fully saturated rings. The van der Waals surface area contributed by atoms with Crippen LogP contribution in [0.4, 0.5) is 0 Å². The smallest absolute Gasteiger partial charge is 0.239 e. The van der Waals surface area contributed by atoms with Crippen LogP contribution in [0.25, 0.3) is 0 Å². The van der Waals surface area contributed by atoms with Gasteiger partial charge in [-0.1, -0.05) is 6.92 Å². The number of nitrogens with one attached hydrogen (secondary N) is 2. The standard InChI is InChI=1S/C10H21N3O2/c1-4-7-13(8-9(14)12-3)10(15)5-6-11-2/h11H,4-8H2,1-3H3,(H,12,14). The summed E-state index contributed by atoms with van der Waals surface area (Å²) in [6.07, 6.45) is 1.30. The predicted molar refractivity (Wildman–Crippen MR) is 59.5 cm³/mol. The van der Waals surface area contributed by atoms with Gasteiger partial charge in [-0.25, -0.2) is 0 Å². The van der Waals surface area contributed by atoms with Crippen molar-refractivity contribution in [2.45, 2.75) is 19.8 Å². The summed E-state index contributed by atoms with van der Waals surface area (Å²) in [5, 5.41) is 5.43. The Morgan fingerprint density at radius 2 is 1.93 bits per heavy atom. The quantitative estimate of drug-likeness (QED) is 0.606. The van der Waals surface area contributed by atoms with Crippen LogP contribution in [0.15, 0.2) is 0 Å². The van der Waals surface area contributed by atoms with Crippen LogP contribution in [0.5, 0.6) is 0 Å². The first-order valence-corrected chi connectivity index (χ1v) is 5.28. The summed E-state index contributed by atoms with van der Waals surface area (Å²) < 4.78 is 0. The number of hydrogen-bond acceptors (Lipinski definition) is 3. The zero-order valence-electron chi connectivity index (χ0n) is 9.80. The molecule has 0 aromatic rings. The molecule has 0 atom stereocenters. The second-order valence-electron chi connectivity index (χ2n) is 3.34. The summed E-state index contributed by atoms with van der Waals surface area (Å²) >= 11 is 0. The second-order valence-corrected chi connectivity index (χ2v) is 3.34. The molecule has 0 heterocycles. The molecule has 2 N–H and O–H groups in total. The zero-order chi connectivity index (χ0) is 11.7. The summed E-state index contributed by atoms with van der Waals surface area (Å²) in [5.41, 5.74) is 0. The minimum Gasteiger partial charge on any atom is -0.358 e. The molecule has 0 spiro atoms. The summed E-state index contributed by atoms with van der Waals surface area (Å²) in [4.78, 5) is 24.4. The molecule has 5 heteroatoms. The third-order valence-electron chi connectivity index (χ3n) is 2.05. The molecule has 0 unspecified atom stereocenters. The van der Waals surface area contributed by atoms with Gasteiger partial charge in [0.15, 0.2) is 0 Å². The largest absolute Gasteiger partial charge is 0.358 e. The highest BCUT2D eigenvalue weighted by atomic mass is 16.2. The number of rotatable bonds is 7. The molecule has 0 aromatic heterocycles. The first-order valence-electron chi connectivity index (χ1n) is 5.28. The lowest BCUT2D eigenvalue weighted by Gasteiger charge is -2.21. The summed E-state index contributed by atoms with van der Waals surface area (Å²) in [7, 11) is 3.38. The Labute approximate surface area is 91.2 Å². The molecular formula is C10H21N3O2. The monoisotopic (exact) mass is 215 g/mol. The molecule has 5 nitrogen and oxygen atoms in total. The average molecular weight is 215 g/mol. The number of nitrogens with zero attached hydrogens (tertiary/aromatic N) is 1. The van der Waals surface area contributed by atoms with Crippen molar-refractivity contribution in [2.24, 2.45) is 0 Å². The van der Waals surface area contributed by atoms with E-state index in [0.29, 0.717) is 19.5 Å². The van der Waals surface area contributed by atoms with Gasteiger partial charge in [-0.2, -0.15) is 0 Å². The highest BCUT2D eigenvalue weighted by Gasteiger charge is 2.14. The lowest BCUT2D eigenvalue weighted by atomic mass is 10.3. The SMILES string of the molecule is CCCN(CC(=O)NC)C(=O)CCNC. The van der Waals surface area contributed by atoms with Gasteiger partial charge in [-0.05, 0) is 13.5 Å². The Kier molecular flexibility index (Phi) is 7.62. The van der Waals surface area contributed by atoms with Crippen molar-refractivity contribution in [3.63, 3.8) is 0 Å². The summed E-state index contributed by atoms with van der Waals surface area (Å²) in [6, 6.07) is 0.